The van der Waals surface area contributed by atoms with Gasteiger partial charge in [0.15, 0.2) is 0 Å². The SMILES string of the molecule is CN=S(C)(=O)c1cc(NC(=O)OCc2ccccc2)ccn1. The van der Waals surface area contributed by atoms with Crippen LogP contribution in [0.3, 0.4) is 0 Å². The van der Waals surface area contributed by atoms with Gasteiger partial charge in [-0.05, 0) is 17.7 Å². The molecule has 116 valence electrons. The summed E-state index contributed by atoms with van der Waals surface area (Å²) in [4.78, 5) is 15.8. The summed E-state index contributed by atoms with van der Waals surface area (Å²) >= 11 is 0. The van der Waals surface area contributed by atoms with Crippen molar-refractivity contribution in [3.05, 3.63) is 54.2 Å². The second kappa shape index (κ2) is 7.04. The molecule has 1 unspecified atom stereocenters. The third-order valence-corrected chi connectivity index (χ3v) is 4.63. The fourth-order valence-electron chi connectivity index (χ4n) is 1.66. The lowest BCUT2D eigenvalue weighted by Gasteiger charge is -2.08. The number of nitrogens with zero attached hydrogens (tertiary/aromatic N) is 2. The largest absolute Gasteiger partial charge is 0.444 e. The maximum atomic E-state index is 12.1. The molecule has 22 heavy (non-hydrogen) atoms. The van der Waals surface area contributed by atoms with E-state index < -0.39 is 15.8 Å². The quantitative estimate of drug-likeness (QED) is 0.939. The summed E-state index contributed by atoms with van der Waals surface area (Å²) in [6.45, 7) is 0.180. The van der Waals surface area contributed by atoms with Crippen LogP contribution in [0.2, 0.25) is 0 Å². The number of ether oxygens (including phenoxy) is 1. The Morgan fingerprint density at radius 2 is 2.05 bits per heavy atom. The van der Waals surface area contributed by atoms with Crippen molar-refractivity contribution < 1.29 is 13.7 Å². The summed E-state index contributed by atoms with van der Waals surface area (Å²) in [7, 11) is -1.07. The predicted molar refractivity (Wildman–Crippen MR) is 85.2 cm³/mol. The Balaban J connectivity index is 2.00. The van der Waals surface area contributed by atoms with Gasteiger partial charge in [0.1, 0.15) is 11.6 Å². The van der Waals surface area contributed by atoms with Gasteiger partial charge in [0, 0.05) is 25.2 Å². The fourth-order valence-corrected chi connectivity index (χ4v) is 2.45. The van der Waals surface area contributed by atoms with E-state index in [4.69, 9.17) is 4.74 Å². The van der Waals surface area contributed by atoms with Crippen LogP contribution in [0.15, 0.2) is 58.1 Å². The lowest BCUT2D eigenvalue weighted by atomic mass is 10.2. The topological polar surface area (TPSA) is 80.7 Å². The Labute approximate surface area is 129 Å². The smallest absolute Gasteiger partial charge is 0.411 e. The molecule has 0 aliphatic rings. The summed E-state index contributed by atoms with van der Waals surface area (Å²) in [6.07, 6.45) is 2.38. The molecule has 1 N–H and O–H groups in total. The highest BCUT2D eigenvalue weighted by atomic mass is 32.2. The summed E-state index contributed by atoms with van der Waals surface area (Å²) in [5.41, 5.74) is 1.36. The van der Waals surface area contributed by atoms with Gasteiger partial charge in [0.05, 0.1) is 9.73 Å². The van der Waals surface area contributed by atoms with E-state index in [0.717, 1.165) is 5.56 Å². The van der Waals surface area contributed by atoms with Crippen LogP contribution in [-0.2, 0) is 21.1 Å². The molecule has 7 heteroatoms. The average Bonchev–Trinajstić information content (AvgIpc) is 2.54. The van der Waals surface area contributed by atoms with Gasteiger partial charge >= 0.3 is 6.09 Å². The molecule has 1 atom stereocenters. The number of amides is 1. The molecule has 6 nitrogen and oxygen atoms in total. The van der Waals surface area contributed by atoms with Crippen molar-refractivity contribution in [1.29, 1.82) is 0 Å². The molecule has 0 saturated carbocycles. The van der Waals surface area contributed by atoms with Gasteiger partial charge in [0.25, 0.3) is 0 Å². The Hall–Kier alpha value is -2.41. The van der Waals surface area contributed by atoms with Gasteiger partial charge in [0.2, 0.25) is 0 Å². The number of nitrogens with one attached hydrogen (secondary N) is 1. The number of rotatable bonds is 4. The first-order valence-corrected chi connectivity index (χ1v) is 8.47. The molecule has 2 rings (SSSR count). The van der Waals surface area contributed by atoms with Crippen LogP contribution >= 0.6 is 0 Å². The lowest BCUT2D eigenvalue weighted by Crippen LogP contribution is -2.14. The van der Waals surface area contributed by atoms with Crippen molar-refractivity contribution >= 4 is 21.5 Å². The minimum atomic E-state index is -2.54. The third-order valence-electron chi connectivity index (χ3n) is 2.93. The van der Waals surface area contributed by atoms with Gasteiger partial charge in [-0.25, -0.2) is 18.4 Å². The summed E-state index contributed by atoms with van der Waals surface area (Å²) in [6, 6.07) is 12.5. The Morgan fingerprint density at radius 1 is 1.32 bits per heavy atom. The molecular formula is C15H17N3O3S. The number of benzene rings is 1. The first-order valence-electron chi connectivity index (χ1n) is 6.55. The van der Waals surface area contributed by atoms with Crippen molar-refractivity contribution in [2.75, 3.05) is 18.6 Å². The molecule has 0 aliphatic heterocycles. The van der Waals surface area contributed by atoms with Gasteiger partial charge in [-0.1, -0.05) is 30.3 Å². The van der Waals surface area contributed by atoms with Crippen LogP contribution < -0.4 is 5.32 Å². The second-order valence-corrected chi connectivity index (χ2v) is 6.94. The Kier molecular flexibility index (Phi) is 5.11. The molecule has 0 aliphatic carbocycles. The van der Waals surface area contributed by atoms with Gasteiger partial charge < -0.3 is 4.74 Å². The van der Waals surface area contributed by atoms with E-state index in [0.29, 0.717) is 10.7 Å². The molecule has 2 aromatic rings. The summed E-state index contributed by atoms with van der Waals surface area (Å²) in [5, 5.41) is 2.90. The monoisotopic (exact) mass is 319 g/mol. The van der Waals surface area contributed by atoms with Crippen LogP contribution in [-0.4, -0.2) is 28.6 Å². The number of aromatic nitrogens is 1. The van der Waals surface area contributed by atoms with E-state index in [1.165, 1.54) is 25.6 Å². The van der Waals surface area contributed by atoms with Crippen LogP contribution in [0.5, 0.6) is 0 Å². The maximum absolute atomic E-state index is 12.1. The molecule has 0 radical (unpaired) electrons. The Bertz CT molecular complexity index is 769. The minimum absolute atomic E-state index is 0.180. The number of hydrogen-bond acceptors (Lipinski definition) is 5. The van der Waals surface area contributed by atoms with E-state index in [2.05, 4.69) is 14.7 Å². The fraction of sp³-hybridized carbons (Fsp3) is 0.200. The predicted octanol–water partition coefficient (Wildman–Crippen LogP) is 2.92. The molecule has 0 saturated heterocycles. The molecule has 1 heterocycles. The molecule has 1 amide bonds. The van der Waals surface area contributed by atoms with E-state index in [1.807, 2.05) is 30.3 Å². The standard InChI is InChI=1S/C15H17N3O3S/c1-16-22(2,20)14-10-13(8-9-17-14)18-15(19)21-11-12-6-4-3-5-7-12/h3-10H,11H2,1-2H3,(H,17,18,19). The molecule has 0 spiro atoms. The highest BCUT2D eigenvalue weighted by Gasteiger charge is 2.09. The molecule has 1 aromatic carbocycles. The Morgan fingerprint density at radius 3 is 2.73 bits per heavy atom. The van der Waals surface area contributed by atoms with E-state index in [9.17, 15) is 9.00 Å². The van der Waals surface area contributed by atoms with Crippen molar-refractivity contribution in [2.24, 2.45) is 4.36 Å². The van der Waals surface area contributed by atoms with Crippen LogP contribution in [0.25, 0.3) is 0 Å². The van der Waals surface area contributed by atoms with Crippen molar-refractivity contribution in [2.45, 2.75) is 11.6 Å². The molecule has 1 aromatic heterocycles. The number of carbonyl (C=O) groups is 1. The van der Waals surface area contributed by atoms with E-state index in [-0.39, 0.29) is 6.61 Å². The summed E-state index contributed by atoms with van der Waals surface area (Å²) in [5.74, 6) is 0. The maximum Gasteiger partial charge on any atom is 0.411 e. The van der Waals surface area contributed by atoms with Gasteiger partial charge in [-0.15, -0.1) is 0 Å². The van der Waals surface area contributed by atoms with Crippen LogP contribution in [0.4, 0.5) is 10.5 Å². The highest BCUT2D eigenvalue weighted by molar-refractivity contribution is 7.92. The van der Waals surface area contributed by atoms with Crippen molar-refractivity contribution in [3.8, 4) is 0 Å². The van der Waals surface area contributed by atoms with Gasteiger partial charge in [-0.3, -0.25) is 5.32 Å². The highest BCUT2D eigenvalue weighted by Crippen LogP contribution is 2.14. The first-order chi connectivity index (χ1) is 10.5. The zero-order valence-corrected chi connectivity index (χ0v) is 13.2. The zero-order valence-electron chi connectivity index (χ0n) is 12.4. The lowest BCUT2D eigenvalue weighted by molar-refractivity contribution is 0.155. The van der Waals surface area contributed by atoms with Crippen LogP contribution in [0, 0.1) is 0 Å². The van der Waals surface area contributed by atoms with Crippen molar-refractivity contribution in [3.63, 3.8) is 0 Å². The number of hydrogen-bond donors (Lipinski definition) is 1. The molecule has 0 fully saturated rings. The van der Waals surface area contributed by atoms with Crippen molar-refractivity contribution in [1.82, 2.24) is 4.98 Å². The second-order valence-electron chi connectivity index (χ2n) is 4.55. The normalized spacial score (nSPS) is 13.0. The molecular weight excluding hydrogens is 302 g/mol. The van der Waals surface area contributed by atoms with Crippen LogP contribution in [0.1, 0.15) is 5.56 Å². The average molecular weight is 319 g/mol. The number of carbonyl (C=O) groups excluding carboxylic acids is 1. The number of pyridine rings is 1. The first kappa shape index (κ1) is 16.0. The van der Waals surface area contributed by atoms with E-state index in [1.54, 1.807) is 6.07 Å². The minimum Gasteiger partial charge on any atom is -0.444 e. The zero-order chi connectivity index (χ0) is 16.0. The van der Waals surface area contributed by atoms with Gasteiger partial charge in [-0.2, -0.15) is 0 Å². The molecule has 0 bridgehead atoms. The van der Waals surface area contributed by atoms with E-state index >= 15 is 0 Å². The third kappa shape index (κ3) is 4.29. The number of anilines is 1. The summed E-state index contributed by atoms with van der Waals surface area (Å²) < 4.78 is 21.1.